The summed E-state index contributed by atoms with van der Waals surface area (Å²) in [6.07, 6.45) is 3.33. The summed E-state index contributed by atoms with van der Waals surface area (Å²) >= 11 is 1.18. The van der Waals surface area contributed by atoms with Crippen molar-refractivity contribution in [2.24, 2.45) is 11.7 Å². The minimum Gasteiger partial charge on any atom is -0.465 e. The third-order valence-electron chi connectivity index (χ3n) is 3.92. The van der Waals surface area contributed by atoms with Crippen LogP contribution in [-0.4, -0.2) is 32.1 Å². The Balaban J connectivity index is 2.44. The number of rotatable bonds is 4. The van der Waals surface area contributed by atoms with Crippen LogP contribution in [0.2, 0.25) is 0 Å². The van der Waals surface area contributed by atoms with Crippen LogP contribution in [0, 0.1) is 5.92 Å². The summed E-state index contributed by atoms with van der Waals surface area (Å²) in [7, 11) is 1.30. The van der Waals surface area contributed by atoms with E-state index in [4.69, 9.17) is 16.2 Å². The zero-order valence-electron chi connectivity index (χ0n) is 12.3. The summed E-state index contributed by atoms with van der Waals surface area (Å²) in [6.45, 7) is 3.87. The topological polar surface area (TPSA) is 98.6 Å². The number of hydrogen-bond donors (Lipinski definition) is 2. The highest BCUT2D eigenvalue weighted by atomic mass is 32.1. The maximum atomic E-state index is 12.0. The standard InChI is InChI=1S/C14H21N3O3S/c1-3-8-5-4-6-17(7-8)13-9(14(19)20-2)10(15)11(21-13)12(16)18/h8H,3-7,15H2,1-2H3,(H2,16,18). The van der Waals surface area contributed by atoms with E-state index in [1.54, 1.807) is 0 Å². The maximum Gasteiger partial charge on any atom is 0.343 e. The van der Waals surface area contributed by atoms with Crippen molar-refractivity contribution in [1.29, 1.82) is 0 Å². The molecule has 7 heteroatoms. The average Bonchev–Trinajstić information content (AvgIpc) is 2.84. The molecule has 0 spiro atoms. The number of nitrogens with zero attached hydrogens (tertiary/aromatic N) is 1. The Labute approximate surface area is 128 Å². The molecule has 116 valence electrons. The van der Waals surface area contributed by atoms with E-state index >= 15 is 0 Å². The van der Waals surface area contributed by atoms with Gasteiger partial charge in [-0.2, -0.15) is 0 Å². The Morgan fingerprint density at radius 2 is 2.19 bits per heavy atom. The summed E-state index contributed by atoms with van der Waals surface area (Å²) in [5.74, 6) is -0.549. The van der Waals surface area contributed by atoms with E-state index in [1.165, 1.54) is 24.9 Å². The zero-order valence-corrected chi connectivity index (χ0v) is 13.2. The molecule has 1 aliphatic rings. The van der Waals surface area contributed by atoms with Crippen LogP contribution in [0.1, 0.15) is 46.2 Å². The molecule has 1 aliphatic heterocycles. The van der Waals surface area contributed by atoms with Crippen LogP contribution in [0.4, 0.5) is 10.7 Å². The number of thiophene rings is 1. The maximum absolute atomic E-state index is 12.0. The third-order valence-corrected chi connectivity index (χ3v) is 5.20. The van der Waals surface area contributed by atoms with Gasteiger partial charge in [0, 0.05) is 13.1 Å². The van der Waals surface area contributed by atoms with Crippen molar-refractivity contribution in [3.8, 4) is 0 Å². The molecule has 0 aliphatic carbocycles. The van der Waals surface area contributed by atoms with Crippen LogP contribution < -0.4 is 16.4 Å². The first-order chi connectivity index (χ1) is 9.99. The minimum absolute atomic E-state index is 0.132. The van der Waals surface area contributed by atoms with E-state index in [0.29, 0.717) is 10.9 Å². The molecule has 0 bridgehead atoms. The van der Waals surface area contributed by atoms with Crippen molar-refractivity contribution >= 4 is 33.9 Å². The number of hydrogen-bond acceptors (Lipinski definition) is 6. The van der Waals surface area contributed by atoms with Gasteiger partial charge in [0.15, 0.2) is 0 Å². The molecule has 2 rings (SSSR count). The predicted molar refractivity (Wildman–Crippen MR) is 83.8 cm³/mol. The lowest BCUT2D eigenvalue weighted by Crippen LogP contribution is -2.35. The first kappa shape index (κ1) is 15.6. The molecule has 1 fully saturated rings. The van der Waals surface area contributed by atoms with E-state index < -0.39 is 11.9 Å². The number of amides is 1. The lowest BCUT2D eigenvalue weighted by Gasteiger charge is -2.33. The number of primary amides is 1. The van der Waals surface area contributed by atoms with Gasteiger partial charge < -0.3 is 21.1 Å². The van der Waals surface area contributed by atoms with Crippen LogP contribution in [0.3, 0.4) is 0 Å². The van der Waals surface area contributed by atoms with Crippen molar-refractivity contribution in [3.05, 3.63) is 10.4 Å². The lowest BCUT2D eigenvalue weighted by atomic mass is 9.95. The minimum atomic E-state index is -0.613. The molecule has 6 nitrogen and oxygen atoms in total. The lowest BCUT2D eigenvalue weighted by molar-refractivity contribution is 0.0603. The van der Waals surface area contributed by atoms with Gasteiger partial charge in [0.25, 0.3) is 5.91 Å². The van der Waals surface area contributed by atoms with Gasteiger partial charge >= 0.3 is 5.97 Å². The molecule has 1 amide bonds. The van der Waals surface area contributed by atoms with Crippen LogP contribution in [0.25, 0.3) is 0 Å². The number of methoxy groups -OCH3 is 1. The zero-order chi connectivity index (χ0) is 15.6. The molecule has 0 aromatic carbocycles. The Hall–Kier alpha value is -1.76. The number of carbonyl (C=O) groups excluding carboxylic acids is 2. The molecular formula is C14H21N3O3S. The van der Waals surface area contributed by atoms with Gasteiger partial charge in [-0.3, -0.25) is 4.79 Å². The summed E-state index contributed by atoms with van der Waals surface area (Å²) < 4.78 is 4.80. The van der Waals surface area contributed by atoms with Gasteiger partial charge in [-0.05, 0) is 18.8 Å². The van der Waals surface area contributed by atoms with Crippen molar-refractivity contribution < 1.29 is 14.3 Å². The molecule has 1 saturated heterocycles. The molecule has 1 aromatic heterocycles. The number of anilines is 2. The van der Waals surface area contributed by atoms with E-state index in [2.05, 4.69) is 11.8 Å². The van der Waals surface area contributed by atoms with Crippen molar-refractivity contribution in [2.75, 3.05) is 30.8 Å². The second-order valence-corrected chi connectivity index (χ2v) is 6.24. The number of ether oxygens (including phenoxy) is 1. The Morgan fingerprint density at radius 3 is 2.76 bits per heavy atom. The fourth-order valence-electron chi connectivity index (χ4n) is 2.72. The van der Waals surface area contributed by atoms with Crippen LogP contribution in [0.5, 0.6) is 0 Å². The highest BCUT2D eigenvalue weighted by molar-refractivity contribution is 7.19. The SMILES string of the molecule is CCC1CCCN(c2sc(C(N)=O)c(N)c2C(=O)OC)C1. The first-order valence-electron chi connectivity index (χ1n) is 7.04. The monoisotopic (exact) mass is 311 g/mol. The van der Waals surface area contributed by atoms with Crippen LogP contribution in [0.15, 0.2) is 0 Å². The highest BCUT2D eigenvalue weighted by Gasteiger charge is 2.30. The fraction of sp³-hybridized carbons (Fsp3) is 0.571. The normalized spacial score (nSPS) is 18.6. The van der Waals surface area contributed by atoms with Gasteiger partial charge in [-0.15, -0.1) is 11.3 Å². The summed E-state index contributed by atoms with van der Waals surface area (Å²) in [5.41, 5.74) is 11.7. The molecule has 2 heterocycles. The van der Waals surface area contributed by atoms with E-state index in [0.717, 1.165) is 25.9 Å². The number of nitrogen functional groups attached to an aromatic ring is 1. The average molecular weight is 311 g/mol. The van der Waals surface area contributed by atoms with Gasteiger partial charge in [0.05, 0.1) is 12.8 Å². The van der Waals surface area contributed by atoms with Crippen molar-refractivity contribution in [3.63, 3.8) is 0 Å². The first-order valence-corrected chi connectivity index (χ1v) is 7.86. The second kappa shape index (κ2) is 6.34. The Morgan fingerprint density at radius 1 is 1.48 bits per heavy atom. The molecule has 1 aromatic rings. The van der Waals surface area contributed by atoms with Gasteiger partial charge in [0.1, 0.15) is 15.4 Å². The molecule has 4 N–H and O–H groups in total. The number of piperidine rings is 1. The molecule has 1 unspecified atom stereocenters. The molecule has 0 saturated carbocycles. The summed E-state index contributed by atoms with van der Waals surface area (Å²) in [6, 6.07) is 0. The van der Waals surface area contributed by atoms with Gasteiger partial charge in [0.2, 0.25) is 0 Å². The second-order valence-electron chi connectivity index (χ2n) is 5.24. The largest absolute Gasteiger partial charge is 0.465 e. The van der Waals surface area contributed by atoms with Gasteiger partial charge in [-0.25, -0.2) is 4.79 Å². The fourth-order valence-corrected chi connectivity index (χ4v) is 3.82. The van der Waals surface area contributed by atoms with Crippen molar-refractivity contribution in [1.82, 2.24) is 0 Å². The number of esters is 1. The molecular weight excluding hydrogens is 290 g/mol. The van der Waals surface area contributed by atoms with Crippen LogP contribution in [-0.2, 0) is 4.74 Å². The highest BCUT2D eigenvalue weighted by Crippen LogP contribution is 2.40. The molecule has 21 heavy (non-hydrogen) atoms. The van der Waals surface area contributed by atoms with E-state index in [1.807, 2.05) is 0 Å². The quantitative estimate of drug-likeness (QED) is 0.827. The van der Waals surface area contributed by atoms with E-state index in [9.17, 15) is 9.59 Å². The molecule has 1 atom stereocenters. The summed E-state index contributed by atoms with van der Waals surface area (Å²) in [5, 5.41) is 0.700. The van der Waals surface area contributed by atoms with Gasteiger partial charge in [-0.1, -0.05) is 13.3 Å². The predicted octanol–water partition coefficient (Wildman–Crippen LogP) is 1.84. The van der Waals surface area contributed by atoms with Crippen LogP contribution >= 0.6 is 11.3 Å². The Kier molecular flexibility index (Phi) is 4.72. The molecule has 0 radical (unpaired) electrons. The third kappa shape index (κ3) is 2.97. The smallest absolute Gasteiger partial charge is 0.343 e. The number of nitrogens with two attached hydrogens (primary N) is 2. The van der Waals surface area contributed by atoms with Crippen molar-refractivity contribution in [2.45, 2.75) is 26.2 Å². The summed E-state index contributed by atoms with van der Waals surface area (Å²) in [4.78, 5) is 25.8. The number of carbonyl (C=O) groups is 2. The van der Waals surface area contributed by atoms with E-state index in [-0.39, 0.29) is 16.1 Å². The Bertz CT molecular complexity index is 556.